The molecular formula is C22H29N5O4S. The van der Waals surface area contributed by atoms with E-state index in [2.05, 4.69) is 39.3 Å². The van der Waals surface area contributed by atoms with E-state index in [0.29, 0.717) is 30.0 Å². The van der Waals surface area contributed by atoms with Gasteiger partial charge in [0, 0.05) is 23.7 Å². The zero-order valence-corrected chi connectivity index (χ0v) is 19.3. The Kier molecular flexibility index (Phi) is 6.36. The number of hydrazone groups is 1. The van der Waals surface area contributed by atoms with Gasteiger partial charge in [-0.1, -0.05) is 19.9 Å². The Labute approximate surface area is 188 Å². The number of amides is 1. The first-order valence-corrected chi connectivity index (χ1v) is 12.4. The summed E-state index contributed by atoms with van der Waals surface area (Å²) >= 11 is 0. The van der Waals surface area contributed by atoms with Crippen LogP contribution in [0.2, 0.25) is 0 Å². The first-order chi connectivity index (χ1) is 15.4. The topological polar surface area (TPSA) is 112 Å². The van der Waals surface area contributed by atoms with Crippen LogP contribution in [0.25, 0.3) is 6.08 Å². The second-order valence-corrected chi connectivity index (χ2v) is 10.0. The van der Waals surface area contributed by atoms with Gasteiger partial charge in [0.1, 0.15) is 12.4 Å². The summed E-state index contributed by atoms with van der Waals surface area (Å²) in [5, 5.41) is 6.86. The molecule has 1 aliphatic carbocycles. The van der Waals surface area contributed by atoms with Crippen molar-refractivity contribution in [2.24, 2.45) is 11.0 Å². The molecule has 1 amide bonds. The number of rotatable bonds is 9. The van der Waals surface area contributed by atoms with E-state index in [-0.39, 0.29) is 11.8 Å². The van der Waals surface area contributed by atoms with Gasteiger partial charge >= 0.3 is 0 Å². The highest BCUT2D eigenvalue weighted by molar-refractivity contribution is 7.90. The molecule has 32 heavy (non-hydrogen) atoms. The number of anilines is 1. The van der Waals surface area contributed by atoms with Gasteiger partial charge in [-0.15, -0.1) is 0 Å². The van der Waals surface area contributed by atoms with Gasteiger partial charge in [0.2, 0.25) is 10.0 Å². The Balaban J connectivity index is 1.49. The number of ether oxygens (including phenoxy) is 1. The Morgan fingerprint density at radius 3 is 2.75 bits per heavy atom. The normalized spacial score (nSPS) is 24.1. The minimum Gasteiger partial charge on any atom is -0.492 e. The third-order valence-electron chi connectivity index (χ3n) is 6.09. The Morgan fingerprint density at radius 1 is 1.25 bits per heavy atom. The fraction of sp³-hybridized carbons (Fsp3) is 0.455. The highest BCUT2D eigenvalue weighted by Gasteiger charge is 2.52. The summed E-state index contributed by atoms with van der Waals surface area (Å²) in [7, 11) is -2.00. The highest BCUT2D eigenvalue weighted by Crippen LogP contribution is 2.42. The van der Waals surface area contributed by atoms with Crippen LogP contribution in [-0.4, -0.2) is 63.5 Å². The summed E-state index contributed by atoms with van der Waals surface area (Å²) in [6, 6.07) is 5.78. The minimum absolute atomic E-state index is 0.299. The fourth-order valence-corrected chi connectivity index (χ4v) is 5.37. The molecule has 10 heteroatoms. The van der Waals surface area contributed by atoms with E-state index in [0.717, 1.165) is 36.6 Å². The molecule has 2 atom stereocenters. The molecule has 1 fully saturated rings. The molecule has 3 N–H and O–H groups in total. The Hall–Kier alpha value is -2.69. The van der Waals surface area contributed by atoms with Crippen molar-refractivity contribution in [2.45, 2.75) is 25.5 Å². The average molecular weight is 460 g/mol. The van der Waals surface area contributed by atoms with Crippen molar-refractivity contribution in [3.8, 4) is 5.75 Å². The lowest BCUT2D eigenvalue weighted by molar-refractivity contribution is -0.116. The largest absolute Gasteiger partial charge is 0.492 e. The van der Waals surface area contributed by atoms with E-state index in [9.17, 15) is 13.2 Å². The van der Waals surface area contributed by atoms with Gasteiger partial charge in [0.15, 0.2) is 0 Å². The lowest BCUT2D eigenvalue weighted by Gasteiger charge is -2.20. The molecule has 2 unspecified atom stereocenters. The van der Waals surface area contributed by atoms with Crippen LogP contribution in [-0.2, 0) is 14.8 Å². The molecule has 0 radical (unpaired) electrons. The zero-order chi connectivity index (χ0) is 22.9. The van der Waals surface area contributed by atoms with Crippen LogP contribution < -0.4 is 20.2 Å². The zero-order valence-electron chi connectivity index (χ0n) is 18.5. The molecule has 1 saturated carbocycles. The number of carbonyl (C=O) groups excluding carboxylic acids is 1. The van der Waals surface area contributed by atoms with E-state index >= 15 is 0 Å². The van der Waals surface area contributed by atoms with E-state index in [4.69, 9.17) is 4.74 Å². The number of hydrogen-bond donors (Lipinski definition) is 3. The minimum atomic E-state index is -3.40. The molecule has 9 nitrogen and oxygen atoms in total. The van der Waals surface area contributed by atoms with E-state index < -0.39 is 15.3 Å². The number of nitrogens with one attached hydrogen (secondary N) is 3. The molecule has 1 aromatic rings. The second kappa shape index (κ2) is 9.05. The number of hydrogen-bond acceptors (Lipinski definition) is 7. The predicted molar refractivity (Wildman–Crippen MR) is 125 cm³/mol. The van der Waals surface area contributed by atoms with Gasteiger partial charge in [-0.05, 0) is 50.8 Å². The second-order valence-electron chi connectivity index (χ2n) is 7.94. The fourth-order valence-electron chi connectivity index (χ4n) is 4.04. The quantitative estimate of drug-likeness (QED) is 0.483. The van der Waals surface area contributed by atoms with Crippen molar-refractivity contribution in [3.05, 3.63) is 41.1 Å². The molecular weight excluding hydrogens is 430 g/mol. The summed E-state index contributed by atoms with van der Waals surface area (Å²) in [5.41, 5.74) is 5.77. The van der Waals surface area contributed by atoms with Crippen LogP contribution in [0.4, 0.5) is 5.69 Å². The van der Waals surface area contributed by atoms with Crippen LogP contribution >= 0.6 is 0 Å². The standard InChI is InChI=1S/C22H29N5O4S/c1-4-27(5-2)10-11-31-15-7-9-17-14(12-15)6-8-18(24-17)20-21(25-26-22(20)28)16-13-19(16)32(29,30)23-3/h6-9,12,16,19,23-24H,4-5,10-11,13H2,1-3H3,(H,26,28)/b20-18-. The molecule has 3 aliphatic rings. The van der Waals surface area contributed by atoms with Crippen molar-refractivity contribution in [3.63, 3.8) is 0 Å². The van der Waals surface area contributed by atoms with E-state index in [1.807, 2.05) is 30.4 Å². The number of benzene rings is 1. The summed E-state index contributed by atoms with van der Waals surface area (Å²) < 4.78 is 32.5. The van der Waals surface area contributed by atoms with E-state index in [1.54, 1.807) is 0 Å². The van der Waals surface area contributed by atoms with Crippen molar-refractivity contribution in [1.82, 2.24) is 15.0 Å². The van der Waals surface area contributed by atoms with Gasteiger partial charge in [-0.3, -0.25) is 4.79 Å². The number of likely N-dealkylation sites (N-methyl/N-ethyl adjacent to an activating group) is 1. The summed E-state index contributed by atoms with van der Waals surface area (Å²) in [4.78, 5) is 14.8. The molecule has 0 spiro atoms. The molecule has 0 bridgehead atoms. The van der Waals surface area contributed by atoms with Gasteiger partial charge in [-0.2, -0.15) is 5.10 Å². The average Bonchev–Trinajstić information content (AvgIpc) is 3.52. The van der Waals surface area contributed by atoms with Crippen LogP contribution in [0.15, 0.2) is 40.6 Å². The SMILES string of the molecule is CCN(CC)CCOc1ccc2c(c1)C=C/C(=C1/C(=O)NN=C1C1CC1S(=O)(=O)NC)N2. The first kappa shape index (κ1) is 22.5. The first-order valence-electron chi connectivity index (χ1n) is 10.9. The maximum Gasteiger partial charge on any atom is 0.275 e. The number of allylic oxidation sites excluding steroid dienone is 1. The lowest BCUT2D eigenvalue weighted by atomic mass is 10.0. The van der Waals surface area contributed by atoms with Gasteiger partial charge < -0.3 is 15.0 Å². The number of nitrogens with zero attached hydrogens (tertiary/aromatic N) is 2. The Morgan fingerprint density at radius 2 is 2.03 bits per heavy atom. The van der Waals surface area contributed by atoms with E-state index in [1.165, 1.54) is 7.05 Å². The number of sulfonamides is 1. The van der Waals surface area contributed by atoms with Gasteiger partial charge in [-0.25, -0.2) is 18.6 Å². The van der Waals surface area contributed by atoms with Crippen LogP contribution in [0.1, 0.15) is 25.8 Å². The van der Waals surface area contributed by atoms with Crippen molar-refractivity contribution >= 4 is 33.4 Å². The van der Waals surface area contributed by atoms with Crippen molar-refractivity contribution in [2.75, 3.05) is 38.6 Å². The molecule has 0 saturated heterocycles. The monoisotopic (exact) mass is 459 g/mol. The summed E-state index contributed by atoms with van der Waals surface area (Å²) in [6.07, 6.45) is 4.19. The van der Waals surface area contributed by atoms with Gasteiger partial charge in [0.25, 0.3) is 5.91 Å². The Bertz CT molecular complexity index is 1110. The molecule has 4 rings (SSSR count). The third-order valence-corrected chi connectivity index (χ3v) is 7.98. The summed E-state index contributed by atoms with van der Waals surface area (Å²) in [5.74, 6) is 0.156. The van der Waals surface area contributed by atoms with Crippen LogP contribution in [0, 0.1) is 5.92 Å². The molecule has 1 aromatic carbocycles. The van der Waals surface area contributed by atoms with Crippen LogP contribution in [0.3, 0.4) is 0 Å². The summed E-state index contributed by atoms with van der Waals surface area (Å²) in [6.45, 7) is 7.75. The highest BCUT2D eigenvalue weighted by atomic mass is 32.2. The molecule has 2 heterocycles. The molecule has 172 valence electrons. The third kappa shape index (κ3) is 4.43. The van der Waals surface area contributed by atoms with Crippen molar-refractivity contribution in [1.29, 1.82) is 0 Å². The molecule has 2 aliphatic heterocycles. The maximum absolute atomic E-state index is 12.5. The maximum atomic E-state index is 12.5. The molecule has 0 aromatic heterocycles. The smallest absolute Gasteiger partial charge is 0.275 e. The number of carbonyl (C=O) groups is 1. The predicted octanol–water partition coefficient (Wildman–Crippen LogP) is 1.52. The number of fused-ring (bicyclic) bond motifs is 1. The van der Waals surface area contributed by atoms with Crippen molar-refractivity contribution < 1.29 is 17.9 Å². The van der Waals surface area contributed by atoms with Crippen LogP contribution in [0.5, 0.6) is 5.75 Å². The van der Waals surface area contributed by atoms with Gasteiger partial charge in [0.05, 0.1) is 22.2 Å². The lowest BCUT2D eigenvalue weighted by Crippen LogP contribution is -2.27.